The van der Waals surface area contributed by atoms with Gasteiger partial charge in [0.25, 0.3) is 0 Å². The summed E-state index contributed by atoms with van der Waals surface area (Å²) in [5.74, 6) is 0. The highest BCUT2D eigenvalue weighted by atomic mass is 79.9. The Labute approximate surface area is 53.1 Å². The van der Waals surface area contributed by atoms with E-state index in [1.54, 1.807) is 0 Å². The summed E-state index contributed by atoms with van der Waals surface area (Å²) in [6.45, 7) is 2.00. The minimum atomic E-state index is 0.942. The molecule has 0 atom stereocenters. The molecule has 0 fully saturated rings. The van der Waals surface area contributed by atoms with Crippen LogP contribution in [-0.2, 0) is 0 Å². The molecule has 0 radical (unpaired) electrons. The zero-order valence-corrected chi connectivity index (χ0v) is 5.98. The molecule has 0 spiro atoms. The zero-order valence-electron chi connectivity index (χ0n) is 4.39. The molecular weight excluding hydrogens is 152 g/mol. The summed E-state index contributed by atoms with van der Waals surface area (Å²) >= 11 is 3.26. The van der Waals surface area contributed by atoms with E-state index in [0.717, 1.165) is 5.33 Å². The van der Waals surface area contributed by atoms with Crippen molar-refractivity contribution in [2.24, 2.45) is 0 Å². The third-order valence-corrected chi connectivity index (χ3v) is 0.903. The molecule has 0 heterocycles. The van der Waals surface area contributed by atoms with Crippen molar-refractivity contribution in [2.75, 3.05) is 5.33 Å². The Kier molecular flexibility index (Phi) is 5.93. The first-order chi connectivity index (χ1) is 3.41. The topological polar surface area (TPSA) is 0 Å². The molecule has 40 valence electrons. The van der Waals surface area contributed by atoms with Crippen molar-refractivity contribution in [3.63, 3.8) is 0 Å². The van der Waals surface area contributed by atoms with E-state index < -0.39 is 0 Å². The molecule has 0 aromatic rings. The normalized spacial score (nSPS) is 11.7. The number of hydrogen-bond donors (Lipinski definition) is 0. The van der Waals surface area contributed by atoms with E-state index >= 15 is 0 Å². The average molecular weight is 161 g/mol. The lowest BCUT2D eigenvalue weighted by molar-refractivity contribution is 1.71. The fourth-order valence-corrected chi connectivity index (χ4v) is 0.457. The van der Waals surface area contributed by atoms with E-state index in [4.69, 9.17) is 0 Å². The molecule has 0 aliphatic carbocycles. The first-order valence-corrected chi connectivity index (χ1v) is 3.37. The molecule has 0 aliphatic rings. The molecule has 0 unspecified atom stereocenters. The fraction of sp³-hybridized carbons (Fsp3) is 0.333. The highest BCUT2D eigenvalue weighted by Crippen LogP contribution is 1.81. The molecule has 0 N–H and O–H groups in total. The van der Waals surface area contributed by atoms with Crippen molar-refractivity contribution in [2.45, 2.75) is 6.92 Å². The molecule has 0 saturated heterocycles. The van der Waals surface area contributed by atoms with Crippen LogP contribution < -0.4 is 0 Å². The second kappa shape index (κ2) is 5.96. The van der Waals surface area contributed by atoms with Crippen LogP contribution in [0.3, 0.4) is 0 Å². The summed E-state index contributed by atoms with van der Waals surface area (Å²) in [6.07, 6.45) is 8.05. The highest BCUT2D eigenvalue weighted by molar-refractivity contribution is 9.09. The Balaban J connectivity index is 3.09. The maximum absolute atomic E-state index is 3.26. The Morgan fingerprint density at radius 2 is 2.14 bits per heavy atom. The van der Waals surface area contributed by atoms with E-state index in [0.29, 0.717) is 0 Å². The molecule has 0 amide bonds. The largest absolute Gasteiger partial charge is 0.0883 e. The van der Waals surface area contributed by atoms with Gasteiger partial charge in [-0.2, -0.15) is 0 Å². The third-order valence-electron chi connectivity index (χ3n) is 0.529. The monoisotopic (exact) mass is 160 g/mol. The number of allylic oxidation sites excluding steroid dienone is 4. The smallest absolute Gasteiger partial charge is 0.0215 e. The van der Waals surface area contributed by atoms with Gasteiger partial charge in [0.2, 0.25) is 0 Å². The van der Waals surface area contributed by atoms with Crippen LogP contribution in [0, 0.1) is 0 Å². The summed E-state index contributed by atoms with van der Waals surface area (Å²) in [5, 5.41) is 0.942. The fourth-order valence-electron chi connectivity index (χ4n) is 0.241. The van der Waals surface area contributed by atoms with E-state index in [2.05, 4.69) is 15.9 Å². The zero-order chi connectivity index (χ0) is 5.54. The number of alkyl halides is 1. The van der Waals surface area contributed by atoms with Crippen molar-refractivity contribution in [1.82, 2.24) is 0 Å². The van der Waals surface area contributed by atoms with Crippen molar-refractivity contribution >= 4 is 15.9 Å². The highest BCUT2D eigenvalue weighted by Gasteiger charge is 1.59. The maximum atomic E-state index is 3.26. The lowest BCUT2D eigenvalue weighted by Crippen LogP contribution is -1.53. The van der Waals surface area contributed by atoms with Crippen molar-refractivity contribution in [3.05, 3.63) is 24.3 Å². The molecular formula is C6H9Br. The molecule has 1 heteroatoms. The van der Waals surface area contributed by atoms with Crippen LogP contribution in [0.25, 0.3) is 0 Å². The van der Waals surface area contributed by atoms with Crippen LogP contribution in [-0.4, -0.2) is 5.33 Å². The summed E-state index contributed by atoms with van der Waals surface area (Å²) in [7, 11) is 0. The molecule has 0 nitrogen and oxygen atoms in total. The van der Waals surface area contributed by atoms with Crippen LogP contribution in [0.4, 0.5) is 0 Å². The lowest BCUT2D eigenvalue weighted by Gasteiger charge is -1.69. The van der Waals surface area contributed by atoms with Crippen LogP contribution >= 0.6 is 15.9 Å². The minimum Gasteiger partial charge on any atom is -0.0883 e. The SMILES string of the molecule is C/C=C\C=CCBr. The van der Waals surface area contributed by atoms with Crippen LogP contribution in [0.1, 0.15) is 6.92 Å². The predicted molar refractivity (Wildman–Crippen MR) is 37.7 cm³/mol. The first-order valence-electron chi connectivity index (χ1n) is 2.25. The summed E-state index contributed by atoms with van der Waals surface area (Å²) in [5.41, 5.74) is 0. The quantitative estimate of drug-likeness (QED) is 0.431. The van der Waals surface area contributed by atoms with E-state index in [1.807, 2.05) is 31.2 Å². The van der Waals surface area contributed by atoms with Gasteiger partial charge in [-0.1, -0.05) is 40.2 Å². The van der Waals surface area contributed by atoms with Gasteiger partial charge in [-0.25, -0.2) is 0 Å². The van der Waals surface area contributed by atoms with Gasteiger partial charge in [-0.15, -0.1) is 0 Å². The average Bonchev–Trinajstić information content (AvgIpc) is 1.69. The van der Waals surface area contributed by atoms with Gasteiger partial charge in [0.1, 0.15) is 0 Å². The molecule has 0 aliphatic heterocycles. The molecule has 7 heavy (non-hydrogen) atoms. The first kappa shape index (κ1) is 6.96. The second-order valence-corrected chi connectivity index (χ2v) is 1.76. The standard InChI is InChI=1S/C6H9Br/c1-2-3-4-5-6-7/h2-5H,6H2,1H3/b3-2-,5-4?. The predicted octanol–water partition coefficient (Wildman–Crippen LogP) is 2.51. The Morgan fingerprint density at radius 1 is 1.43 bits per heavy atom. The Hall–Kier alpha value is -0.0400. The van der Waals surface area contributed by atoms with E-state index in [1.165, 1.54) is 0 Å². The number of rotatable bonds is 2. The van der Waals surface area contributed by atoms with E-state index in [9.17, 15) is 0 Å². The van der Waals surface area contributed by atoms with Gasteiger partial charge in [0.15, 0.2) is 0 Å². The van der Waals surface area contributed by atoms with E-state index in [-0.39, 0.29) is 0 Å². The van der Waals surface area contributed by atoms with Gasteiger partial charge in [0, 0.05) is 5.33 Å². The van der Waals surface area contributed by atoms with Crippen LogP contribution in [0.5, 0.6) is 0 Å². The van der Waals surface area contributed by atoms with Crippen molar-refractivity contribution in [3.8, 4) is 0 Å². The van der Waals surface area contributed by atoms with Gasteiger partial charge >= 0.3 is 0 Å². The van der Waals surface area contributed by atoms with Crippen molar-refractivity contribution < 1.29 is 0 Å². The summed E-state index contributed by atoms with van der Waals surface area (Å²) < 4.78 is 0. The van der Waals surface area contributed by atoms with Gasteiger partial charge in [-0.05, 0) is 6.92 Å². The van der Waals surface area contributed by atoms with Gasteiger partial charge < -0.3 is 0 Å². The summed E-state index contributed by atoms with van der Waals surface area (Å²) in [6, 6.07) is 0. The summed E-state index contributed by atoms with van der Waals surface area (Å²) in [4.78, 5) is 0. The van der Waals surface area contributed by atoms with Gasteiger partial charge in [-0.3, -0.25) is 0 Å². The maximum Gasteiger partial charge on any atom is 0.0215 e. The Morgan fingerprint density at radius 3 is 2.57 bits per heavy atom. The minimum absolute atomic E-state index is 0.942. The van der Waals surface area contributed by atoms with Crippen LogP contribution in [0.2, 0.25) is 0 Å². The number of halogens is 1. The molecule has 0 saturated carbocycles. The Bertz CT molecular complexity index is 72.2. The van der Waals surface area contributed by atoms with Gasteiger partial charge in [0.05, 0.1) is 0 Å². The molecule has 0 bridgehead atoms. The van der Waals surface area contributed by atoms with Crippen LogP contribution in [0.15, 0.2) is 24.3 Å². The molecule has 0 aromatic carbocycles. The molecule has 0 aromatic heterocycles. The number of hydrogen-bond acceptors (Lipinski definition) is 0. The third kappa shape index (κ3) is 5.96. The molecule has 0 rings (SSSR count). The lowest BCUT2D eigenvalue weighted by atomic mass is 10.5. The van der Waals surface area contributed by atoms with Crippen molar-refractivity contribution in [1.29, 1.82) is 0 Å². The second-order valence-electron chi connectivity index (χ2n) is 1.11.